The second-order valence-corrected chi connectivity index (χ2v) is 13.5. The Hall–Kier alpha value is -2.29. The fourth-order valence-electron chi connectivity index (χ4n) is 6.05. The number of hydrogen-bond donors (Lipinski definition) is 0. The Morgan fingerprint density at radius 2 is 0.566 bits per heavy atom. The molecule has 0 aromatic heterocycles. The number of unbranched alkanes of at least 4 members (excludes halogenated alkanes) is 6. The van der Waals surface area contributed by atoms with E-state index in [0.29, 0.717) is 0 Å². The van der Waals surface area contributed by atoms with Crippen LogP contribution in [0.4, 0.5) is 0 Å². The first-order chi connectivity index (χ1) is 25.2. The number of benzene rings is 2. The predicted molar refractivity (Wildman–Crippen MR) is 231 cm³/mol. The molecule has 11 heteroatoms. The molecule has 0 fully saturated rings. The maximum Gasteiger partial charge on any atom is 2.00 e. The Kier molecular flexibility index (Phi) is 54.0. The van der Waals surface area contributed by atoms with Crippen LogP contribution >= 0.6 is 0 Å². The summed E-state index contributed by atoms with van der Waals surface area (Å²) in [6, 6.07) is 22.2. The molecule has 0 N–H and O–H groups in total. The molecule has 2 aromatic carbocycles. The number of thiocyanates is 4. The third-order valence-electron chi connectivity index (χ3n) is 8.64. The molecule has 0 aliphatic carbocycles. The van der Waals surface area contributed by atoms with Crippen LogP contribution in [0, 0.1) is 42.7 Å². The summed E-state index contributed by atoms with van der Waals surface area (Å²) in [5.74, 6) is 0. The van der Waals surface area contributed by atoms with Crippen molar-refractivity contribution in [2.75, 3.05) is 39.3 Å². The zero-order valence-electron chi connectivity index (χ0n) is 33.6. The summed E-state index contributed by atoms with van der Waals surface area (Å²) in [5.41, 5.74) is 3.02. The van der Waals surface area contributed by atoms with E-state index < -0.39 is 0 Å². The normalized spacial score (nSPS) is 9.40. The van der Waals surface area contributed by atoms with Gasteiger partial charge in [0, 0.05) is 11.1 Å². The van der Waals surface area contributed by atoms with Gasteiger partial charge in [-0.25, -0.2) is 21.0 Å². The van der Waals surface area contributed by atoms with E-state index in [9.17, 15) is 0 Å². The van der Waals surface area contributed by atoms with Gasteiger partial charge < -0.3 is 59.5 Å². The maximum absolute atomic E-state index is 7.13. The Morgan fingerprint density at radius 3 is 0.717 bits per heavy atom. The van der Waals surface area contributed by atoms with E-state index in [2.05, 4.69) is 153 Å². The quantitative estimate of drug-likeness (QED) is 0.0657. The Morgan fingerprint density at radius 1 is 0.396 bits per heavy atom. The fraction of sp³-hybridized carbons (Fsp3) is 0.619. The molecule has 0 bridgehead atoms. The van der Waals surface area contributed by atoms with E-state index in [1.165, 1.54) is 171 Å². The number of nitrogens with zero attached hydrogens (tertiary/aromatic N) is 6. The van der Waals surface area contributed by atoms with Crippen LogP contribution in [0.15, 0.2) is 60.7 Å². The summed E-state index contributed by atoms with van der Waals surface area (Å²) in [7, 11) is 0. The molecule has 0 unspecified atom stereocenters. The van der Waals surface area contributed by atoms with E-state index >= 15 is 0 Å². The van der Waals surface area contributed by atoms with Crippen molar-refractivity contribution in [1.29, 1.82) is 21.0 Å². The van der Waals surface area contributed by atoms with Gasteiger partial charge in [-0.05, 0) is 38.5 Å². The van der Waals surface area contributed by atoms with Crippen molar-refractivity contribution in [3.8, 4) is 21.6 Å². The van der Waals surface area contributed by atoms with Crippen molar-refractivity contribution >= 4 is 50.5 Å². The number of hydrogen-bond acceptors (Lipinski definition) is 8. The summed E-state index contributed by atoms with van der Waals surface area (Å²) in [5, 5.41) is 33.9. The predicted octanol–water partition coefficient (Wildman–Crippen LogP) is 10.9. The molecule has 2 rings (SSSR count). The largest absolute Gasteiger partial charge is 2.00 e. The van der Waals surface area contributed by atoms with Crippen molar-refractivity contribution in [2.45, 2.75) is 132 Å². The average molecular weight is 844 g/mol. The summed E-state index contributed by atoms with van der Waals surface area (Å²) in [6.45, 7) is 24.5. The molecule has 0 atom stereocenters. The van der Waals surface area contributed by atoms with Gasteiger partial charge in [0.1, 0.15) is 13.1 Å². The molecule has 1 radical (unpaired) electrons. The van der Waals surface area contributed by atoms with Crippen LogP contribution in [0.25, 0.3) is 0 Å². The van der Waals surface area contributed by atoms with Crippen LogP contribution in [0.1, 0.15) is 130 Å². The molecule has 0 heterocycles. The summed E-state index contributed by atoms with van der Waals surface area (Å²) < 4.78 is 2.61. The topological polar surface area (TPSA) is 95.2 Å². The van der Waals surface area contributed by atoms with Gasteiger partial charge in [-0.2, -0.15) is 0 Å². The van der Waals surface area contributed by atoms with Crippen molar-refractivity contribution in [1.82, 2.24) is 0 Å². The summed E-state index contributed by atoms with van der Waals surface area (Å²) in [4.78, 5) is 0. The van der Waals surface area contributed by atoms with Crippen molar-refractivity contribution in [3.63, 3.8) is 0 Å². The van der Waals surface area contributed by atoms with E-state index in [1.54, 1.807) is 0 Å². The van der Waals surface area contributed by atoms with Crippen molar-refractivity contribution < 1.29 is 25.7 Å². The van der Waals surface area contributed by atoms with Crippen molar-refractivity contribution in [3.05, 3.63) is 71.8 Å². The molecular weight excluding hydrogens is 776 g/mol. The van der Waals surface area contributed by atoms with Gasteiger partial charge in [0.15, 0.2) is 0 Å². The van der Waals surface area contributed by atoms with Crippen molar-refractivity contribution in [2.24, 2.45) is 0 Å². The molecule has 6 nitrogen and oxygen atoms in total. The monoisotopic (exact) mass is 843 g/mol. The SMILES string of the molecule is CCCC[N+](CCCC)(CCCC)Cc1ccccc1.CCCC[N+](CCCC)(CCCC)Cc1ccccc1.N#C[S-].N#C[S-].N#C[S-].N#C[S-].[Co+2]. The second-order valence-electron chi connectivity index (χ2n) is 12.8. The van der Waals surface area contributed by atoms with E-state index in [4.69, 9.17) is 21.0 Å². The van der Waals surface area contributed by atoms with Gasteiger partial charge in [0.2, 0.25) is 0 Å². The summed E-state index contributed by atoms with van der Waals surface area (Å²) >= 11 is 14.8. The molecule has 0 saturated carbocycles. The number of quaternary nitrogens is 2. The first-order valence-electron chi connectivity index (χ1n) is 19.0. The van der Waals surface area contributed by atoms with Gasteiger partial charge in [0.25, 0.3) is 0 Å². The zero-order chi connectivity index (χ0) is 40.2. The number of nitriles is 4. The molecule has 0 aliphatic rings. The molecule has 0 spiro atoms. The maximum atomic E-state index is 7.13. The van der Waals surface area contributed by atoms with Crippen LogP contribution < -0.4 is 0 Å². The van der Waals surface area contributed by atoms with Gasteiger partial charge in [-0.1, -0.05) is 162 Å². The number of rotatable bonds is 22. The molecule has 2 aromatic rings. The Bertz CT molecular complexity index is 1020. The van der Waals surface area contributed by atoms with Gasteiger partial charge >= 0.3 is 16.8 Å². The Balaban J connectivity index is -0.000000220. The minimum absolute atomic E-state index is 0. The minimum Gasteiger partial charge on any atom is -0.696 e. The van der Waals surface area contributed by atoms with E-state index in [-0.39, 0.29) is 16.8 Å². The minimum atomic E-state index is 0. The zero-order valence-corrected chi connectivity index (χ0v) is 37.9. The first-order valence-corrected chi connectivity index (χ1v) is 20.6. The fourth-order valence-corrected chi connectivity index (χ4v) is 6.05. The molecule has 0 amide bonds. The molecule has 0 aliphatic heterocycles. The van der Waals surface area contributed by atoms with Crippen LogP contribution in [-0.4, -0.2) is 48.2 Å². The van der Waals surface area contributed by atoms with Gasteiger partial charge in [-0.3, -0.25) is 0 Å². The third kappa shape index (κ3) is 39.2. The van der Waals surface area contributed by atoms with Gasteiger partial charge in [0.05, 0.1) is 39.3 Å². The third-order valence-corrected chi connectivity index (χ3v) is 8.64. The summed E-state index contributed by atoms with van der Waals surface area (Å²) in [6.07, 6.45) is 16.0. The molecular formula is C42H68CoN6S4. The average Bonchev–Trinajstić information content (AvgIpc) is 3.15. The van der Waals surface area contributed by atoms with Gasteiger partial charge in [-0.15, -0.1) is 0 Å². The van der Waals surface area contributed by atoms with Crippen LogP contribution in [-0.2, 0) is 80.4 Å². The molecule has 0 saturated heterocycles. The Labute approximate surface area is 359 Å². The van der Waals surface area contributed by atoms with E-state index in [0.717, 1.165) is 0 Å². The van der Waals surface area contributed by atoms with Crippen LogP contribution in [0.2, 0.25) is 0 Å². The first kappa shape index (κ1) is 60.0. The van der Waals surface area contributed by atoms with E-state index in [1.807, 2.05) is 0 Å². The second kappa shape index (κ2) is 47.7. The van der Waals surface area contributed by atoms with Crippen LogP contribution in [0.5, 0.6) is 0 Å². The standard InChI is InChI=1S/2C19H34N.4CHNS.Co/c2*1-4-7-15-20(16-8-5-2,17-9-6-3)18-19-13-11-10-12-14-19;4*2-1-3;/h2*10-14H,4-9,15-18H2,1-3H3;4*3H;/q2*+1;;;;;+2/p-4. The smallest absolute Gasteiger partial charge is 0.696 e. The van der Waals surface area contributed by atoms with Crippen LogP contribution in [0.3, 0.4) is 0 Å². The molecule has 53 heavy (non-hydrogen) atoms. The molecule has 299 valence electrons.